The third-order valence-electron chi connectivity index (χ3n) is 1.75. The van der Waals surface area contributed by atoms with Gasteiger partial charge in [0.05, 0.1) is 0 Å². The molecule has 132 valence electrons. The van der Waals surface area contributed by atoms with Crippen molar-refractivity contribution in [2.45, 2.75) is 53.4 Å². The van der Waals surface area contributed by atoms with E-state index < -0.39 is 11.9 Å². The lowest BCUT2D eigenvalue weighted by Gasteiger charge is -1.79. The molecule has 0 aromatic heterocycles. The van der Waals surface area contributed by atoms with Gasteiger partial charge in [0.1, 0.15) is 0 Å². The lowest BCUT2D eigenvalue weighted by atomic mass is 10.4. The smallest absolute Gasteiger partial charge is 0.330 e. The highest BCUT2D eigenvalue weighted by Crippen LogP contribution is 1.81. The SMILES string of the molecule is C=C(C)C(=O)O.C=C(C)C(=O)O.CCCCO.CCCCO. The summed E-state index contributed by atoms with van der Waals surface area (Å²) < 4.78 is 0. The van der Waals surface area contributed by atoms with Gasteiger partial charge in [-0.1, -0.05) is 39.8 Å². The third kappa shape index (κ3) is 51.6. The van der Waals surface area contributed by atoms with Crippen LogP contribution < -0.4 is 0 Å². The van der Waals surface area contributed by atoms with Crippen molar-refractivity contribution in [2.24, 2.45) is 0 Å². The van der Waals surface area contributed by atoms with Crippen LogP contribution in [0.1, 0.15) is 53.4 Å². The van der Waals surface area contributed by atoms with E-state index in [1.165, 1.54) is 13.8 Å². The van der Waals surface area contributed by atoms with E-state index in [1.54, 1.807) is 0 Å². The van der Waals surface area contributed by atoms with Crippen LogP contribution in [0.3, 0.4) is 0 Å². The van der Waals surface area contributed by atoms with E-state index in [2.05, 4.69) is 27.0 Å². The standard InChI is InChI=1S/2C4H6O2.2C4H10O/c2*1-3(2)4(5)6;2*1-2-3-4-5/h2*1H2,2H3,(H,5,6);2*5H,2-4H2,1H3. The molecule has 0 saturated heterocycles. The fourth-order valence-electron chi connectivity index (χ4n) is 0.316. The number of unbranched alkanes of at least 4 members (excludes halogenated alkanes) is 2. The zero-order chi connectivity index (χ0) is 18.6. The first-order valence-electron chi connectivity index (χ1n) is 7.11. The first kappa shape index (κ1) is 28.5. The summed E-state index contributed by atoms with van der Waals surface area (Å²) in [4.78, 5) is 19.2. The number of rotatable bonds is 6. The van der Waals surface area contributed by atoms with E-state index in [0.717, 1.165) is 25.7 Å². The second-order valence-electron chi connectivity index (χ2n) is 4.33. The van der Waals surface area contributed by atoms with Gasteiger partial charge in [0.15, 0.2) is 0 Å². The largest absolute Gasteiger partial charge is 0.478 e. The molecular weight excluding hydrogens is 288 g/mol. The molecule has 0 aliphatic rings. The predicted octanol–water partition coefficient (Wildman–Crippen LogP) is 2.85. The van der Waals surface area contributed by atoms with Crippen molar-refractivity contribution >= 4 is 11.9 Å². The molecular formula is C16H32O6. The fourth-order valence-corrected chi connectivity index (χ4v) is 0.316. The lowest BCUT2D eigenvalue weighted by molar-refractivity contribution is -0.133. The molecule has 6 heteroatoms. The maximum atomic E-state index is 9.60. The molecule has 0 aromatic carbocycles. The topological polar surface area (TPSA) is 115 Å². The summed E-state index contributed by atoms with van der Waals surface area (Å²) in [7, 11) is 0. The second-order valence-corrected chi connectivity index (χ2v) is 4.33. The number of aliphatic carboxylic acids is 2. The molecule has 0 unspecified atom stereocenters. The van der Waals surface area contributed by atoms with Gasteiger partial charge >= 0.3 is 11.9 Å². The summed E-state index contributed by atoms with van der Waals surface area (Å²) in [5.74, 6) is -1.87. The first-order valence-corrected chi connectivity index (χ1v) is 7.11. The summed E-state index contributed by atoms with van der Waals surface area (Å²) in [6.07, 6.45) is 4.08. The summed E-state index contributed by atoms with van der Waals surface area (Å²) >= 11 is 0. The number of aliphatic hydroxyl groups is 2. The van der Waals surface area contributed by atoms with E-state index in [-0.39, 0.29) is 11.1 Å². The van der Waals surface area contributed by atoms with Crippen molar-refractivity contribution in [3.05, 3.63) is 24.3 Å². The van der Waals surface area contributed by atoms with Gasteiger partial charge in [0.25, 0.3) is 0 Å². The minimum absolute atomic E-state index is 0.176. The van der Waals surface area contributed by atoms with Gasteiger partial charge in [0.2, 0.25) is 0 Å². The second kappa shape index (κ2) is 24.4. The summed E-state index contributed by atoms with van der Waals surface area (Å²) in [5.41, 5.74) is 0.352. The van der Waals surface area contributed by atoms with Crippen molar-refractivity contribution in [2.75, 3.05) is 13.2 Å². The molecule has 0 radical (unpaired) electrons. The Hall–Kier alpha value is -1.66. The van der Waals surface area contributed by atoms with Gasteiger partial charge in [-0.15, -0.1) is 0 Å². The van der Waals surface area contributed by atoms with Crippen LogP contribution in [0.25, 0.3) is 0 Å². The highest BCUT2D eigenvalue weighted by Gasteiger charge is 1.90. The number of aliphatic hydroxyl groups excluding tert-OH is 2. The Morgan fingerprint density at radius 3 is 0.955 bits per heavy atom. The monoisotopic (exact) mass is 320 g/mol. The van der Waals surface area contributed by atoms with Crippen LogP contribution >= 0.6 is 0 Å². The molecule has 22 heavy (non-hydrogen) atoms. The van der Waals surface area contributed by atoms with Gasteiger partial charge in [-0.3, -0.25) is 0 Å². The van der Waals surface area contributed by atoms with Gasteiger partial charge < -0.3 is 20.4 Å². The lowest BCUT2D eigenvalue weighted by Crippen LogP contribution is -1.92. The van der Waals surface area contributed by atoms with Gasteiger partial charge in [-0.2, -0.15) is 0 Å². The van der Waals surface area contributed by atoms with Crippen molar-refractivity contribution in [3.63, 3.8) is 0 Å². The maximum absolute atomic E-state index is 9.60. The van der Waals surface area contributed by atoms with Crippen LogP contribution in [0.15, 0.2) is 24.3 Å². The Morgan fingerprint density at radius 1 is 0.773 bits per heavy atom. The summed E-state index contributed by atoms with van der Waals surface area (Å²) in [6.45, 7) is 14.0. The molecule has 6 nitrogen and oxygen atoms in total. The molecule has 0 bridgehead atoms. The Labute approximate surface area is 133 Å². The Morgan fingerprint density at radius 2 is 0.955 bits per heavy atom. The number of carboxylic acids is 2. The highest BCUT2D eigenvalue weighted by atomic mass is 16.4. The average Bonchev–Trinajstić information content (AvgIpc) is 2.42. The molecule has 0 rings (SSSR count). The van der Waals surface area contributed by atoms with E-state index in [1.807, 2.05) is 0 Å². The molecule has 0 atom stereocenters. The number of carbonyl (C=O) groups is 2. The van der Waals surface area contributed by atoms with Crippen LogP contribution in [-0.4, -0.2) is 45.6 Å². The van der Waals surface area contributed by atoms with Gasteiger partial charge in [-0.25, -0.2) is 9.59 Å². The minimum Gasteiger partial charge on any atom is -0.478 e. The van der Waals surface area contributed by atoms with E-state index >= 15 is 0 Å². The zero-order valence-corrected chi connectivity index (χ0v) is 14.3. The Balaban J connectivity index is -0.0000000986. The molecule has 0 aliphatic carbocycles. The average molecular weight is 320 g/mol. The molecule has 0 heterocycles. The van der Waals surface area contributed by atoms with Crippen LogP contribution in [0, 0.1) is 0 Å². The summed E-state index contributed by atoms with van der Waals surface area (Å²) in [6, 6.07) is 0. The summed E-state index contributed by atoms with van der Waals surface area (Å²) in [5, 5.41) is 31.9. The molecule has 0 amide bonds. The third-order valence-corrected chi connectivity index (χ3v) is 1.75. The van der Waals surface area contributed by atoms with E-state index in [4.69, 9.17) is 20.4 Å². The fraction of sp³-hybridized carbons (Fsp3) is 0.625. The molecule has 0 fully saturated rings. The number of hydrogen-bond acceptors (Lipinski definition) is 4. The van der Waals surface area contributed by atoms with Crippen LogP contribution in [0.4, 0.5) is 0 Å². The molecule has 0 spiro atoms. The van der Waals surface area contributed by atoms with Crippen molar-refractivity contribution in [1.82, 2.24) is 0 Å². The quantitative estimate of drug-likeness (QED) is 0.559. The Bertz CT molecular complexity index is 239. The van der Waals surface area contributed by atoms with Crippen LogP contribution in [0.2, 0.25) is 0 Å². The first-order chi connectivity index (χ1) is 10.1. The van der Waals surface area contributed by atoms with Gasteiger partial charge in [-0.05, 0) is 26.7 Å². The number of hydrogen-bond donors (Lipinski definition) is 4. The Kier molecular flexibility index (Phi) is 31.6. The van der Waals surface area contributed by atoms with Gasteiger partial charge in [0, 0.05) is 24.4 Å². The number of carboxylic acid groups (broad SMARTS) is 2. The highest BCUT2D eigenvalue weighted by molar-refractivity contribution is 5.85. The zero-order valence-electron chi connectivity index (χ0n) is 14.3. The molecule has 0 saturated carbocycles. The molecule has 0 aliphatic heterocycles. The minimum atomic E-state index is -0.935. The molecule has 4 N–H and O–H groups in total. The van der Waals surface area contributed by atoms with Crippen LogP contribution in [0.5, 0.6) is 0 Å². The van der Waals surface area contributed by atoms with E-state index in [0.29, 0.717) is 13.2 Å². The van der Waals surface area contributed by atoms with Crippen molar-refractivity contribution < 1.29 is 30.0 Å². The van der Waals surface area contributed by atoms with Crippen molar-refractivity contribution in [1.29, 1.82) is 0 Å². The normalized spacial score (nSPS) is 7.91. The van der Waals surface area contributed by atoms with Crippen molar-refractivity contribution in [3.8, 4) is 0 Å². The molecule has 0 aromatic rings. The van der Waals surface area contributed by atoms with Crippen LogP contribution in [-0.2, 0) is 9.59 Å². The maximum Gasteiger partial charge on any atom is 0.330 e. The van der Waals surface area contributed by atoms with E-state index in [9.17, 15) is 9.59 Å². The predicted molar refractivity (Wildman–Crippen MR) is 88.9 cm³/mol.